The number of aliphatic hydroxyl groups is 2. The number of urea groups is 1. The molecule has 0 aliphatic carbocycles. The number of imidazole rings is 1. The predicted molar refractivity (Wildman–Crippen MR) is 134 cm³/mol. The van der Waals surface area contributed by atoms with Crippen LogP contribution >= 0.6 is 0 Å². The highest BCUT2D eigenvalue weighted by Gasteiger charge is 2.44. The first kappa shape index (κ1) is 25.1. The summed E-state index contributed by atoms with van der Waals surface area (Å²) in [6.45, 7) is 0.0618. The number of nitrogens with two attached hydrogens (primary N) is 1. The summed E-state index contributed by atoms with van der Waals surface area (Å²) in [5, 5.41) is 25.8. The topological polar surface area (TPSA) is 187 Å². The third kappa shape index (κ3) is 5.11. The Morgan fingerprint density at radius 1 is 1.03 bits per heavy atom. The smallest absolute Gasteiger partial charge is 0.321 e. The maximum Gasteiger partial charge on any atom is 0.321 e. The fourth-order valence-electron chi connectivity index (χ4n) is 4.11. The molecule has 196 valence electrons. The number of hydrogen-bond donors (Lipinski definition) is 5. The van der Waals surface area contributed by atoms with Gasteiger partial charge in [-0.3, -0.25) is 14.7 Å². The lowest BCUT2D eigenvalue weighted by Gasteiger charge is -2.16. The van der Waals surface area contributed by atoms with Gasteiger partial charge in [0.1, 0.15) is 42.5 Å². The fraction of sp³-hybridized carbons (Fsp3) is 0.240. The highest BCUT2D eigenvalue weighted by molar-refractivity contribution is 6.05. The van der Waals surface area contributed by atoms with Gasteiger partial charge in [0.2, 0.25) is 0 Å². The van der Waals surface area contributed by atoms with Gasteiger partial charge in [-0.05, 0) is 17.7 Å². The summed E-state index contributed by atoms with van der Waals surface area (Å²) in [5.41, 5.74) is 7.55. The third-order valence-electron chi connectivity index (χ3n) is 6.06. The molecule has 2 aromatic heterocycles. The number of amides is 3. The number of nitrogens with one attached hydrogen (secondary N) is 2. The number of rotatable bonds is 7. The van der Waals surface area contributed by atoms with Gasteiger partial charge in [0.25, 0.3) is 5.91 Å². The lowest BCUT2D eigenvalue weighted by molar-refractivity contribution is -0.0335. The second-order valence-electron chi connectivity index (χ2n) is 8.56. The molecule has 3 amide bonds. The number of imide groups is 1. The van der Waals surface area contributed by atoms with E-state index in [4.69, 9.17) is 15.2 Å². The number of hydrogen-bond acceptors (Lipinski definition) is 10. The second-order valence-corrected chi connectivity index (χ2v) is 8.56. The Morgan fingerprint density at radius 2 is 1.79 bits per heavy atom. The van der Waals surface area contributed by atoms with E-state index in [9.17, 15) is 19.8 Å². The van der Waals surface area contributed by atoms with Crippen LogP contribution in [0.5, 0.6) is 5.75 Å². The summed E-state index contributed by atoms with van der Waals surface area (Å²) in [4.78, 5) is 37.3. The average molecular weight is 520 g/mol. The fourth-order valence-corrected chi connectivity index (χ4v) is 4.11. The first-order valence-electron chi connectivity index (χ1n) is 11.7. The van der Waals surface area contributed by atoms with E-state index < -0.39 is 36.5 Å². The molecule has 3 heterocycles. The third-order valence-corrected chi connectivity index (χ3v) is 6.06. The monoisotopic (exact) mass is 519 g/mol. The zero-order valence-electron chi connectivity index (χ0n) is 20.0. The second kappa shape index (κ2) is 10.8. The normalized spacial score (nSPS) is 20.8. The molecule has 38 heavy (non-hydrogen) atoms. The molecule has 6 N–H and O–H groups in total. The van der Waals surface area contributed by atoms with Crippen LogP contribution in [0.25, 0.3) is 11.2 Å². The number of aromatic nitrogens is 4. The Hall–Kier alpha value is -4.59. The van der Waals surface area contributed by atoms with Gasteiger partial charge in [0.15, 0.2) is 17.7 Å². The number of nitrogens with zero attached hydrogens (tertiary/aromatic N) is 4. The van der Waals surface area contributed by atoms with Crippen LogP contribution in [0.4, 0.5) is 10.6 Å². The minimum absolute atomic E-state index is 0.161. The molecule has 1 aliphatic rings. The predicted octanol–water partition coefficient (Wildman–Crippen LogP) is 0.746. The highest BCUT2D eigenvalue weighted by Crippen LogP contribution is 2.31. The molecule has 0 spiro atoms. The van der Waals surface area contributed by atoms with Crippen LogP contribution in [0.2, 0.25) is 0 Å². The summed E-state index contributed by atoms with van der Waals surface area (Å²) in [7, 11) is 0. The molecule has 4 aromatic rings. The summed E-state index contributed by atoms with van der Waals surface area (Å²) < 4.78 is 13.0. The van der Waals surface area contributed by atoms with E-state index in [0.29, 0.717) is 16.9 Å². The van der Waals surface area contributed by atoms with Crippen LogP contribution in [0.15, 0.2) is 67.3 Å². The number of ether oxygens (including phenoxy) is 2. The maximum absolute atomic E-state index is 12.8. The standard InChI is InChI=1S/C25H25N7O6/c26-21-18-22(29-12-28-21)32(13-30-18)24-20(34)19(33)17(38-24)10-27-25(36)31-23(35)15-8-4-5-9-16(15)37-11-14-6-2-1-3-7-14/h1-9,12-13,17,19-20,24,33-34H,10-11H2,(H2,26,28,29)(H2,27,31,35,36)/t17-,19-,20-,24-/m1/s1. The van der Waals surface area contributed by atoms with Gasteiger partial charge >= 0.3 is 6.03 Å². The first-order chi connectivity index (χ1) is 18.4. The Balaban J connectivity index is 1.18. The highest BCUT2D eigenvalue weighted by atomic mass is 16.6. The minimum atomic E-state index is -1.34. The zero-order valence-corrected chi connectivity index (χ0v) is 20.0. The Kier molecular flexibility index (Phi) is 7.13. The Bertz CT molecular complexity index is 1450. The average Bonchev–Trinajstić information content (AvgIpc) is 3.48. The van der Waals surface area contributed by atoms with Gasteiger partial charge in [-0.25, -0.2) is 19.7 Å². The van der Waals surface area contributed by atoms with Gasteiger partial charge in [0.05, 0.1) is 11.9 Å². The first-order valence-corrected chi connectivity index (χ1v) is 11.7. The van der Waals surface area contributed by atoms with Gasteiger partial charge in [-0.15, -0.1) is 0 Å². The van der Waals surface area contributed by atoms with Gasteiger partial charge in [0, 0.05) is 6.54 Å². The number of carbonyl (C=O) groups excluding carboxylic acids is 2. The van der Waals surface area contributed by atoms with Crippen molar-refractivity contribution in [1.29, 1.82) is 0 Å². The quantitative estimate of drug-likeness (QED) is 0.233. The number of nitrogen functional groups attached to an aromatic ring is 1. The minimum Gasteiger partial charge on any atom is -0.488 e. The molecule has 1 saturated heterocycles. The van der Waals surface area contributed by atoms with Crippen molar-refractivity contribution in [3.8, 4) is 5.75 Å². The van der Waals surface area contributed by atoms with E-state index in [1.54, 1.807) is 24.3 Å². The number of aliphatic hydroxyl groups excluding tert-OH is 2. The summed E-state index contributed by atoms with van der Waals surface area (Å²) in [5.74, 6) is -0.188. The van der Waals surface area contributed by atoms with E-state index in [2.05, 4.69) is 25.6 Å². The Labute approximate surface area is 216 Å². The van der Waals surface area contributed by atoms with Crippen LogP contribution in [-0.4, -0.2) is 66.5 Å². The number of anilines is 1. The molecule has 4 atom stereocenters. The molecule has 0 bridgehead atoms. The van der Waals surface area contributed by atoms with Crippen molar-refractivity contribution in [2.75, 3.05) is 12.3 Å². The van der Waals surface area contributed by atoms with Crippen molar-refractivity contribution in [2.24, 2.45) is 0 Å². The van der Waals surface area contributed by atoms with Crippen molar-refractivity contribution in [1.82, 2.24) is 30.2 Å². The van der Waals surface area contributed by atoms with E-state index in [-0.39, 0.29) is 24.5 Å². The molecule has 13 heteroatoms. The summed E-state index contributed by atoms with van der Waals surface area (Å²) >= 11 is 0. The van der Waals surface area contributed by atoms with Crippen LogP contribution in [0, 0.1) is 0 Å². The van der Waals surface area contributed by atoms with Crippen LogP contribution < -0.4 is 21.1 Å². The van der Waals surface area contributed by atoms with E-state index >= 15 is 0 Å². The van der Waals surface area contributed by atoms with E-state index in [1.807, 2.05) is 30.3 Å². The molecule has 1 fully saturated rings. The van der Waals surface area contributed by atoms with Crippen molar-refractivity contribution in [3.05, 3.63) is 78.4 Å². The number of para-hydroxylation sites is 1. The van der Waals surface area contributed by atoms with Gasteiger partial charge < -0.3 is 30.7 Å². The molecule has 0 saturated carbocycles. The zero-order chi connectivity index (χ0) is 26.6. The SMILES string of the molecule is Nc1ncnc2c1ncn2[C@@H]1O[C@H](CNC(=O)NC(=O)c2ccccc2OCc2ccccc2)[C@@H](O)[C@H]1O. The van der Waals surface area contributed by atoms with Crippen LogP contribution in [0.3, 0.4) is 0 Å². The van der Waals surface area contributed by atoms with Gasteiger partial charge in [-0.2, -0.15) is 0 Å². The lowest BCUT2D eigenvalue weighted by atomic mass is 10.1. The van der Waals surface area contributed by atoms with Crippen LogP contribution in [-0.2, 0) is 11.3 Å². The lowest BCUT2D eigenvalue weighted by Crippen LogP contribution is -2.45. The largest absolute Gasteiger partial charge is 0.488 e. The molecule has 1 aliphatic heterocycles. The molecular weight excluding hydrogens is 494 g/mol. The Morgan fingerprint density at radius 3 is 2.61 bits per heavy atom. The van der Waals surface area contributed by atoms with Crippen molar-refractivity contribution in [3.63, 3.8) is 0 Å². The van der Waals surface area contributed by atoms with Crippen molar-refractivity contribution < 1.29 is 29.3 Å². The van der Waals surface area contributed by atoms with Crippen LogP contribution in [0.1, 0.15) is 22.1 Å². The molecule has 0 unspecified atom stereocenters. The van der Waals surface area contributed by atoms with E-state index in [1.165, 1.54) is 17.2 Å². The number of carbonyl (C=O) groups is 2. The number of fused-ring (bicyclic) bond motifs is 1. The molecule has 13 nitrogen and oxygen atoms in total. The summed E-state index contributed by atoms with van der Waals surface area (Å²) in [6, 6.07) is 15.2. The van der Waals surface area contributed by atoms with Crippen molar-refractivity contribution in [2.45, 2.75) is 31.1 Å². The number of benzene rings is 2. The molecule has 2 aromatic carbocycles. The van der Waals surface area contributed by atoms with E-state index in [0.717, 1.165) is 5.56 Å². The van der Waals surface area contributed by atoms with Crippen molar-refractivity contribution >= 4 is 28.9 Å². The molecular formula is C25H25N7O6. The molecule has 5 rings (SSSR count). The molecule has 0 radical (unpaired) electrons. The maximum atomic E-state index is 12.8. The van der Waals surface area contributed by atoms with Gasteiger partial charge in [-0.1, -0.05) is 42.5 Å². The summed E-state index contributed by atoms with van der Waals surface area (Å²) in [6.07, 6.45) is -2.06.